The number of piperidine rings is 1. The van der Waals surface area contributed by atoms with Crippen LogP contribution in [0.25, 0.3) is 0 Å². The zero-order valence-electron chi connectivity index (χ0n) is 14.3. The maximum absolute atomic E-state index is 12.3. The molecule has 3 aliphatic rings. The fourth-order valence-electron chi connectivity index (χ4n) is 4.03. The molecule has 1 aromatic heterocycles. The van der Waals surface area contributed by atoms with Gasteiger partial charge in [-0.25, -0.2) is 4.68 Å². The zero-order chi connectivity index (χ0) is 16.7. The van der Waals surface area contributed by atoms with E-state index in [1.54, 1.807) is 6.07 Å². The van der Waals surface area contributed by atoms with Gasteiger partial charge in [0.05, 0.1) is 17.3 Å². The maximum atomic E-state index is 12.3. The van der Waals surface area contributed by atoms with Gasteiger partial charge in [0.1, 0.15) is 5.82 Å². The molecule has 0 saturated carbocycles. The third-order valence-electron chi connectivity index (χ3n) is 5.08. The van der Waals surface area contributed by atoms with Gasteiger partial charge in [-0.3, -0.25) is 4.79 Å². The lowest BCUT2D eigenvalue weighted by molar-refractivity contribution is 0.439. The summed E-state index contributed by atoms with van der Waals surface area (Å²) >= 11 is 0. The SMILES string of the molecule is CC(C)CC1=CC=CC2=Nn3c(C4CCNCC4)cc(=O)nc3C12. The van der Waals surface area contributed by atoms with E-state index >= 15 is 0 Å². The number of hydrogen-bond donors (Lipinski definition) is 1. The minimum Gasteiger partial charge on any atom is -0.317 e. The number of hydrogen-bond acceptors (Lipinski definition) is 4. The van der Waals surface area contributed by atoms with Gasteiger partial charge in [0.25, 0.3) is 5.56 Å². The van der Waals surface area contributed by atoms with Crippen molar-refractivity contribution < 1.29 is 0 Å². The molecule has 0 spiro atoms. The van der Waals surface area contributed by atoms with Crippen LogP contribution in [0.5, 0.6) is 0 Å². The van der Waals surface area contributed by atoms with Crippen LogP contribution >= 0.6 is 0 Å². The van der Waals surface area contributed by atoms with Crippen molar-refractivity contribution in [2.45, 2.75) is 44.9 Å². The maximum Gasteiger partial charge on any atom is 0.273 e. The number of rotatable bonds is 3. The van der Waals surface area contributed by atoms with Gasteiger partial charge in [-0.1, -0.05) is 31.6 Å². The Hall–Kier alpha value is -2.01. The van der Waals surface area contributed by atoms with Crippen LogP contribution in [0.2, 0.25) is 0 Å². The van der Waals surface area contributed by atoms with E-state index in [1.165, 1.54) is 5.57 Å². The molecule has 0 radical (unpaired) electrons. The van der Waals surface area contributed by atoms with E-state index in [2.05, 4.69) is 42.4 Å². The zero-order valence-corrected chi connectivity index (χ0v) is 14.3. The summed E-state index contributed by atoms with van der Waals surface area (Å²) < 4.78 is 1.96. The second kappa shape index (κ2) is 6.13. The summed E-state index contributed by atoms with van der Waals surface area (Å²) in [7, 11) is 0. The van der Waals surface area contributed by atoms with Crippen molar-refractivity contribution >= 4 is 5.71 Å². The highest BCUT2D eigenvalue weighted by molar-refractivity contribution is 6.04. The van der Waals surface area contributed by atoms with Crippen molar-refractivity contribution in [1.29, 1.82) is 0 Å². The van der Waals surface area contributed by atoms with Crippen molar-refractivity contribution in [2.75, 3.05) is 13.1 Å². The summed E-state index contributed by atoms with van der Waals surface area (Å²) in [5.74, 6) is 1.80. The first-order valence-electron chi connectivity index (χ1n) is 8.94. The minimum absolute atomic E-state index is 0.0479. The smallest absolute Gasteiger partial charge is 0.273 e. The first-order chi connectivity index (χ1) is 11.6. The Kier molecular flexibility index (Phi) is 3.96. The molecule has 1 atom stereocenters. The molecule has 1 aromatic rings. The highest BCUT2D eigenvalue weighted by Gasteiger charge is 2.34. The Balaban J connectivity index is 1.79. The van der Waals surface area contributed by atoms with Gasteiger partial charge in [0.15, 0.2) is 0 Å². The Bertz CT molecular complexity index is 794. The first-order valence-corrected chi connectivity index (χ1v) is 8.94. The van der Waals surface area contributed by atoms with Crippen LogP contribution in [0.3, 0.4) is 0 Å². The first kappa shape index (κ1) is 15.5. The molecule has 2 aliphatic heterocycles. The van der Waals surface area contributed by atoms with E-state index in [9.17, 15) is 4.79 Å². The fourth-order valence-corrected chi connectivity index (χ4v) is 4.03. The van der Waals surface area contributed by atoms with Gasteiger partial charge in [0, 0.05) is 12.0 Å². The fraction of sp³-hybridized carbons (Fsp3) is 0.526. The van der Waals surface area contributed by atoms with Crippen LogP contribution < -0.4 is 10.9 Å². The number of nitrogens with zero attached hydrogens (tertiary/aromatic N) is 3. The largest absolute Gasteiger partial charge is 0.317 e. The Morgan fingerprint density at radius 1 is 1.33 bits per heavy atom. The average molecular weight is 324 g/mol. The average Bonchev–Trinajstić information content (AvgIpc) is 2.94. The van der Waals surface area contributed by atoms with Gasteiger partial charge in [-0.2, -0.15) is 10.1 Å². The molecule has 5 nitrogen and oxygen atoms in total. The molecule has 3 heterocycles. The molecule has 0 amide bonds. The summed E-state index contributed by atoms with van der Waals surface area (Å²) in [5.41, 5.74) is 3.23. The molecule has 1 unspecified atom stereocenters. The molecule has 1 N–H and O–H groups in total. The summed E-state index contributed by atoms with van der Waals surface area (Å²) in [6.45, 7) is 6.43. The second-order valence-electron chi connectivity index (χ2n) is 7.37. The molecule has 1 fully saturated rings. The lowest BCUT2D eigenvalue weighted by Crippen LogP contribution is -2.29. The number of fused-ring (bicyclic) bond motifs is 3. The molecule has 1 saturated heterocycles. The molecule has 5 heteroatoms. The van der Waals surface area contributed by atoms with Crippen molar-refractivity contribution in [2.24, 2.45) is 11.0 Å². The topological polar surface area (TPSA) is 59.3 Å². The van der Waals surface area contributed by atoms with Crippen molar-refractivity contribution in [3.8, 4) is 0 Å². The second-order valence-corrected chi connectivity index (χ2v) is 7.37. The monoisotopic (exact) mass is 324 g/mol. The number of nitrogens with one attached hydrogen (secondary N) is 1. The molecular formula is C19H24N4O. The van der Waals surface area contributed by atoms with Crippen LogP contribution in [0.4, 0.5) is 0 Å². The molecule has 0 aromatic carbocycles. The normalized spacial score (nSPS) is 23.0. The summed E-state index contributed by atoms with van der Waals surface area (Å²) in [6, 6.07) is 1.69. The number of aromatic nitrogens is 2. The predicted octanol–water partition coefficient (Wildman–Crippen LogP) is 2.55. The van der Waals surface area contributed by atoms with Crippen LogP contribution in [0.1, 0.15) is 56.5 Å². The Morgan fingerprint density at radius 3 is 2.88 bits per heavy atom. The Morgan fingerprint density at radius 2 is 2.12 bits per heavy atom. The standard InChI is InChI=1S/C19H24N4O/c1-12(2)10-14-4-3-5-15-18(14)19-21-17(24)11-16(23(19)22-15)13-6-8-20-9-7-13/h3-5,11-13,18,20H,6-10H2,1-2H3. The van der Waals surface area contributed by atoms with Gasteiger partial charge < -0.3 is 5.32 Å². The third-order valence-corrected chi connectivity index (χ3v) is 5.08. The van der Waals surface area contributed by atoms with E-state index in [0.29, 0.717) is 11.8 Å². The quantitative estimate of drug-likeness (QED) is 0.929. The van der Waals surface area contributed by atoms with Gasteiger partial charge in [-0.05, 0) is 44.3 Å². The van der Waals surface area contributed by atoms with Crippen molar-refractivity contribution in [1.82, 2.24) is 15.0 Å². The molecule has 1 aliphatic carbocycles. The summed E-state index contributed by atoms with van der Waals surface area (Å²) in [4.78, 5) is 16.6. The van der Waals surface area contributed by atoms with Crippen molar-refractivity contribution in [3.05, 3.63) is 51.7 Å². The Labute approximate surface area is 142 Å². The highest BCUT2D eigenvalue weighted by Crippen LogP contribution is 2.37. The lowest BCUT2D eigenvalue weighted by atomic mass is 9.84. The minimum atomic E-state index is -0.135. The summed E-state index contributed by atoms with van der Waals surface area (Å²) in [6.07, 6.45) is 9.39. The van der Waals surface area contributed by atoms with Crippen LogP contribution in [-0.4, -0.2) is 28.5 Å². The van der Waals surface area contributed by atoms with Gasteiger partial charge in [-0.15, -0.1) is 0 Å². The van der Waals surface area contributed by atoms with Gasteiger partial charge >= 0.3 is 0 Å². The van der Waals surface area contributed by atoms with Crippen LogP contribution in [0.15, 0.2) is 39.8 Å². The molecular weight excluding hydrogens is 300 g/mol. The third kappa shape index (κ3) is 2.67. The number of allylic oxidation sites excluding steroid dienone is 4. The van der Waals surface area contributed by atoms with Crippen LogP contribution in [-0.2, 0) is 0 Å². The molecule has 0 bridgehead atoms. The molecule has 126 valence electrons. The molecule has 24 heavy (non-hydrogen) atoms. The van der Waals surface area contributed by atoms with E-state index in [-0.39, 0.29) is 11.5 Å². The van der Waals surface area contributed by atoms with E-state index < -0.39 is 0 Å². The predicted molar refractivity (Wildman–Crippen MR) is 95.6 cm³/mol. The summed E-state index contributed by atoms with van der Waals surface area (Å²) in [5, 5.41) is 8.22. The van der Waals surface area contributed by atoms with Gasteiger partial charge in [0.2, 0.25) is 0 Å². The highest BCUT2D eigenvalue weighted by atomic mass is 16.1. The van der Waals surface area contributed by atoms with Crippen molar-refractivity contribution in [3.63, 3.8) is 0 Å². The van der Waals surface area contributed by atoms with E-state index in [4.69, 9.17) is 5.10 Å². The van der Waals surface area contributed by atoms with E-state index in [0.717, 1.165) is 49.6 Å². The van der Waals surface area contributed by atoms with E-state index in [1.807, 2.05) is 4.68 Å². The van der Waals surface area contributed by atoms with Crippen LogP contribution in [0, 0.1) is 5.92 Å². The molecule has 4 rings (SSSR count). The lowest BCUT2D eigenvalue weighted by Gasteiger charge is -2.25.